The molecule has 1 fully saturated rings. The summed E-state index contributed by atoms with van der Waals surface area (Å²) in [7, 11) is 3.65. The van der Waals surface area contributed by atoms with Crippen molar-refractivity contribution in [3.05, 3.63) is 42.5 Å². The first kappa shape index (κ1) is 22.0. The fraction of sp³-hybridized carbons (Fsp3) is 0.375. The molecule has 4 heterocycles. The van der Waals surface area contributed by atoms with E-state index in [9.17, 15) is 0 Å². The van der Waals surface area contributed by atoms with Crippen molar-refractivity contribution in [1.29, 1.82) is 0 Å². The van der Waals surface area contributed by atoms with Crippen LogP contribution in [0.3, 0.4) is 0 Å². The Morgan fingerprint density at radius 2 is 2.03 bits per heavy atom. The predicted octanol–water partition coefficient (Wildman–Crippen LogP) is 3.74. The minimum absolute atomic E-state index is 0. The Balaban J connectivity index is 0.00000289. The predicted molar refractivity (Wildman–Crippen MR) is 133 cm³/mol. The summed E-state index contributed by atoms with van der Waals surface area (Å²) in [6.07, 6.45) is 3.50. The molecule has 10 nitrogen and oxygen atoms in total. The molecule has 1 aromatic carbocycles. The summed E-state index contributed by atoms with van der Waals surface area (Å²) < 4.78 is 13.4. The van der Waals surface area contributed by atoms with Gasteiger partial charge in [0.15, 0.2) is 11.6 Å². The smallest absolute Gasteiger partial charge is 0.227 e. The second kappa shape index (κ2) is 8.53. The third-order valence-electron chi connectivity index (χ3n) is 6.02. The maximum Gasteiger partial charge on any atom is 0.227 e. The Labute approximate surface area is 199 Å². The van der Waals surface area contributed by atoms with Crippen LogP contribution in [0.5, 0.6) is 5.75 Å². The number of benzene rings is 1. The van der Waals surface area contributed by atoms with Gasteiger partial charge in [-0.15, -0.1) is 10.2 Å². The Morgan fingerprint density at radius 3 is 2.74 bits per heavy atom. The summed E-state index contributed by atoms with van der Waals surface area (Å²) in [5, 5.41) is 12.4. The van der Waals surface area contributed by atoms with Crippen molar-refractivity contribution < 1.29 is 10.9 Å². The minimum atomic E-state index is -0.164. The molecule has 1 aliphatic rings. The normalized spacial score (nSPS) is 14.8. The molecule has 0 radical (unpaired) electrons. The zero-order valence-electron chi connectivity index (χ0n) is 20.0. The lowest BCUT2D eigenvalue weighted by Gasteiger charge is -2.47. The average molecular weight is 463 g/mol. The molecule has 0 spiro atoms. The van der Waals surface area contributed by atoms with Gasteiger partial charge >= 0.3 is 0 Å². The van der Waals surface area contributed by atoms with E-state index in [2.05, 4.69) is 32.3 Å². The van der Waals surface area contributed by atoms with Crippen LogP contribution in [0.1, 0.15) is 21.0 Å². The van der Waals surface area contributed by atoms with Crippen LogP contribution >= 0.6 is 0 Å². The van der Waals surface area contributed by atoms with Gasteiger partial charge in [-0.05, 0) is 45.0 Å². The van der Waals surface area contributed by atoms with Crippen LogP contribution < -0.4 is 15.0 Å². The van der Waals surface area contributed by atoms with Gasteiger partial charge in [0.1, 0.15) is 17.6 Å². The molecule has 0 amide bonds. The van der Waals surface area contributed by atoms with Crippen LogP contribution in [-0.2, 0) is 11.8 Å². The third-order valence-corrected chi connectivity index (χ3v) is 6.02. The maximum absolute atomic E-state index is 5.90. The van der Waals surface area contributed by atoms with Gasteiger partial charge in [0.25, 0.3) is 0 Å². The number of rotatable bonds is 7. The van der Waals surface area contributed by atoms with Crippen molar-refractivity contribution in [3.8, 4) is 17.1 Å². The van der Waals surface area contributed by atoms with E-state index in [0.29, 0.717) is 18.3 Å². The van der Waals surface area contributed by atoms with Crippen LogP contribution in [0.2, 0.25) is 0 Å². The van der Waals surface area contributed by atoms with Crippen LogP contribution in [-0.4, -0.2) is 62.1 Å². The second-order valence-electron chi connectivity index (χ2n) is 8.76. The van der Waals surface area contributed by atoms with Gasteiger partial charge in [0.05, 0.1) is 31.0 Å². The van der Waals surface area contributed by atoms with Crippen molar-refractivity contribution in [2.75, 3.05) is 37.0 Å². The van der Waals surface area contributed by atoms with Crippen molar-refractivity contribution >= 4 is 28.4 Å². The van der Waals surface area contributed by atoms with E-state index in [-0.39, 0.29) is 7.03 Å². The van der Waals surface area contributed by atoms with Gasteiger partial charge in [-0.1, -0.05) is 0 Å². The zero-order valence-corrected chi connectivity index (χ0v) is 20.0. The molecule has 1 N–H and O–H groups in total. The zero-order chi connectivity index (χ0) is 23.9. The highest BCUT2D eigenvalue weighted by molar-refractivity contribution is 5.90. The van der Waals surface area contributed by atoms with Crippen LogP contribution in [0.25, 0.3) is 22.3 Å². The Morgan fingerprint density at radius 1 is 1.21 bits per heavy atom. The van der Waals surface area contributed by atoms with Gasteiger partial charge < -0.3 is 24.3 Å². The van der Waals surface area contributed by atoms with E-state index in [1.807, 2.05) is 55.9 Å². The molecule has 0 atom stereocenters. The highest BCUT2D eigenvalue weighted by Gasteiger charge is 2.40. The fourth-order valence-corrected chi connectivity index (χ4v) is 4.18. The summed E-state index contributed by atoms with van der Waals surface area (Å²) in [6.45, 7) is 8.09. The molecule has 34 heavy (non-hydrogen) atoms. The Hall–Kier alpha value is -3.79. The van der Waals surface area contributed by atoms with Crippen LogP contribution in [0, 0.1) is 6.92 Å². The van der Waals surface area contributed by atoms with Crippen molar-refractivity contribution in [2.24, 2.45) is 7.05 Å². The quantitative estimate of drug-likeness (QED) is 0.440. The lowest BCUT2D eigenvalue weighted by Crippen LogP contribution is -2.61. The molecule has 0 bridgehead atoms. The molecule has 0 unspecified atom stereocenters. The van der Waals surface area contributed by atoms with E-state index in [1.165, 1.54) is 0 Å². The van der Waals surface area contributed by atoms with E-state index in [1.54, 1.807) is 13.4 Å². The van der Waals surface area contributed by atoms with Gasteiger partial charge in [-0.25, -0.2) is 15.0 Å². The molecule has 178 valence electrons. The van der Waals surface area contributed by atoms with E-state index in [0.717, 1.165) is 52.6 Å². The lowest BCUT2D eigenvalue weighted by atomic mass is 9.96. The molecule has 1 saturated heterocycles. The SMILES string of the molecule is CCOc1cc(-c2nncn2C)ccc1Nc1ncc2cc(C)nc(N3CC(C)(OC)C3)c2n1.[HH]. The van der Waals surface area contributed by atoms with Gasteiger partial charge in [-0.2, -0.15) is 0 Å². The number of hydrogen-bond donors (Lipinski definition) is 1. The fourth-order valence-electron chi connectivity index (χ4n) is 4.18. The monoisotopic (exact) mass is 462 g/mol. The number of fused-ring (bicyclic) bond motifs is 1. The number of hydrogen-bond acceptors (Lipinski definition) is 9. The molecule has 10 heteroatoms. The number of methoxy groups -OCH3 is 1. The van der Waals surface area contributed by atoms with Crippen LogP contribution in [0.4, 0.5) is 17.5 Å². The molecule has 0 aliphatic carbocycles. The van der Waals surface area contributed by atoms with Crippen LogP contribution in [0.15, 0.2) is 36.8 Å². The molecule has 5 rings (SSSR count). The molecular weight excluding hydrogens is 432 g/mol. The highest BCUT2D eigenvalue weighted by atomic mass is 16.5. The average Bonchev–Trinajstić information content (AvgIpc) is 3.24. The second-order valence-corrected chi connectivity index (χ2v) is 8.76. The summed E-state index contributed by atoms with van der Waals surface area (Å²) in [5.41, 5.74) is 3.24. The van der Waals surface area contributed by atoms with E-state index >= 15 is 0 Å². The first-order valence-electron chi connectivity index (χ1n) is 11.2. The van der Waals surface area contributed by atoms with Gasteiger partial charge in [-0.3, -0.25) is 0 Å². The number of ether oxygens (including phenoxy) is 2. The van der Waals surface area contributed by atoms with Gasteiger partial charge in [0.2, 0.25) is 5.95 Å². The topological polar surface area (TPSA) is 103 Å². The van der Waals surface area contributed by atoms with E-state index in [4.69, 9.17) is 19.4 Å². The number of anilines is 3. The summed E-state index contributed by atoms with van der Waals surface area (Å²) in [5.74, 6) is 2.77. The minimum Gasteiger partial charge on any atom is -0.492 e. The summed E-state index contributed by atoms with van der Waals surface area (Å²) >= 11 is 0. The number of pyridine rings is 1. The number of aryl methyl sites for hydroxylation is 2. The van der Waals surface area contributed by atoms with Crippen molar-refractivity contribution in [2.45, 2.75) is 26.4 Å². The lowest BCUT2D eigenvalue weighted by molar-refractivity contribution is -0.0170. The number of aromatic nitrogens is 6. The maximum atomic E-state index is 5.90. The van der Waals surface area contributed by atoms with Crippen molar-refractivity contribution in [1.82, 2.24) is 29.7 Å². The number of nitrogens with one attached hydrogen (secondary N) is 1. The van der Waals surface area contributed by atoms with Crippen molar-refractivity contribution in [3.63, 3.8) is 0 Å². The molecule has 3 aromatic heterocycles. The summed E-state index contributed by atoms with van der Waals surface area (Å²) in [6, 6.07) is 7.85. The first-order valence-corrected chi connectivity index (χ1v) is 11.2. The Bertz CT molecular complexity index is 1350. The molecular formula is C24H30N8O2. The molecule has 0 saturated carbocycles. The Kier molecular flexibility index (Phi) is 5.52. The largest absolute Gasteiger partial charge is 0.492 e. The third kappa shape index (κ3) is 4.01. The summed E-state index contributed by atoms with van der Waals surface area (Å²) in [4.78, 5) is 16.3. The number of nitrogens with zero attached hydrogens (tertiary/aromatic N) is 7. The first-order chi connectivity index (χ1) is 16.4. The molecule has 1 aliphatic heterocycles. The molecule has 4 aromatic rings. The van der Waals surface area contributed by atoms with E-state index < -0.39 is 0 Å². The standard InChI is InChI=1S/C24H28N8O2.H2/c1-6-34-19-10-16(21-30-26-14-31(21)4)7-8-18(19)28-23-25-11-17-9-15(2)27-22(20(17)29-23)32-12-24(3,13-32)33-5;/h7-11,14H,6,12-13H2,1-5H3,(H,25,28,29);1H. The highest BCUT2D eigenvalue weighted by Crippen LogP contribution is 2.35. The van der Waals surface area contributed by atoms with Gasteiger partial charge in [0, 0.05) is 38.4 Å².